The van der Waals surface area contributed by atoms with Gasteiger partial charge in [-0.3, -0.25) is 14.5 Å². The molecule has 2 amide bonds. The molecule has 7 heteroatoms. The maximum absolute atomic E-state index is 12.4. The van der Waals surface area contributed by atoms with E-state index in [1.807, 2.05) is 30.3 Å². The van der Waals surface area contributed by atoms with Crippen LogP contribution < -0.4 is 10.6 Å². The minimum atomic E-state index is -0.137. The number of aromatic nitrogens is 1. The van der Waals surface area contributed by atoms with E-state index in [0.29, 0.717) is 23.6 Å². The highest BCUT2D eigenvalue weighted by Gasteiger charge is 2.25. The van der Waals surface area contributed by atoms with Crippen LogP contribution >= 0.6 is 0 Å². The van der Waals surface area contributed by atoms with Crippen LogP contribution in [0.1, 0.15) is 34.7 Å². The molecule has 0 radical (unpaired) electrons. The molecule has 0 unspecified atom stereocenters. The fourth-order valence-electron chi connectivity index (χ4n) is 3.23. The van der Waals surface area contributed by atoms with Crippen molar-refractivity contribution >= 4 is 17.5 Å². The number of amides is 2. The number of hydrogen-bond acceptors (Lipinski definition) is 5. The predicted molar refractivity (Wildman–Crippen MR) is 98.0 cm³/mol. The van der Waals surface area contributed by atoms with E-state index in [9.17, 15) is 9.59 Å². The largest absolute Gasteiger partial charge is 0.361 e. The Morgan fingerprint density at radius 2 is 1.88 bits per heavy atom. The molecule has 1 fully saturated rings. The first-order valence-electron chi connectivity index (χ1n) is 8.84. The number of carbonyl (C=O) groups excluding carboxylic acids is 2. The molecule has 1 saturated heterocycles. The minimum Gasteiger partial charge on any atom is -0.361 e. The van der Waals surface area contributed by atoms with Gasteiger partial charge < -0.3 is 15.2 Å². The molecule has 1 aromatic carbocycles. The summed E-state index contributed by atoms with van der Waals surface area (Å²) < 4.78 is 5.05. The maximum atomic E-state index is 12.4. The summed E-state index contributed by atoms with van der Waals surface area (Å²) in [5.74, 6) is 0.381. The molecular formula is C19H24N4O3. The molecule has 2 aromatic rings. The van der Waals surface area contributed by atoms with E-state index in [1.165, 1.54) is 0 Å². The van der Waals surface area contributed by atoms with Crippen molar-refractivity contribution in [2.45, 2.75) is 32.7 Å². The molecule has 0 bridgehead atoms. The van der Waals surface area contributed by atoms with E-state index in [1.54, 1.807) is 13.8 Å². The molecule has 0 aliphatic carbocycles. The maximum Gasteiger partial charge on any atom is 0.257 e. The normalized spacial score (nSPS) is 15.6. The second kappa shape index (κ2) is 8.14. The van der Waals surface area contributed by atoms with Crippen molar-refractivity contribution in [3.05, 3.63) is 47.3 Å². The van der Waals surface area contributed by atoms with Crippen LogP contribution in [0.15, 0.2) is 34.9 Å². The molecule has 2 N–H and O–H groups in total. The first-order chi connectivity index (χ1) is 12.5. The van der Waals surface area contributed by atoms with Crippen LogP contribution in [-0.2, 0) is 4.79 Å². The van der Waals surface area contributed by atoms with Gasteiger partial charge in [0.05, 0.1) is 12.2 Å². The minimum absolute atomic E-state index is 0.0191. The summed E-state index contributed by atoms with van der Waals surface area (Å²) in [7, 11) is 0. The number of likely N-dealkylation sites (tertiary alicyclic amines) is 1. The second-order valence-electron chi connectivity index (χ2n) is 6.64. The number of hydrogen-bond donors (Lipinski definition) is 2. The van der Waals surface area contributed by atoms with Crippen molar-refractivity contribution in [1.29, 1.82) is 0 Å². The van der Waals surface area contributed by atoms with E-state index in [0.717, 1.165) is 31.6 Å². The fourth-order valence-corrected chi connectivity index (χ4v) is 3.23. The fraction of sp³-hybridized carbons (Fsp3) is 0.421. The van der Waals surface area contributed by atoms with Crippen molar-refractivity contribution in [1.82, 2.24) is 15.4 Å². The van der Waals surface area contributed by atoms with Gasteiger partial charge in [-0.05, 0) is 38.8 Å². The summed E-state index contributed by atoms with van der Waals surface area (Å²) in [6, 6.07) is 9.54. The summed E-state index contributed by atoms with van der Waals surface area (Å²) in [6.07, 6.45) is 1.63. The van der Waals surface area contributed by atoms with E-state index in [2.05, 4.69) is 20.7 Å². The molecule has 1 aliphatic rings. The van der Waals surface area contributed by atoms with Crippen LogP contribution in [0, 0.1) is 13.8 Å². The Kier molecular flexibility index (Phi) is 5.68. The number of nitrogens with one attached hydrogen (secondary N) is 2. The van der Waals surface area contributed by atoms with Gasteiger partial charge in [0.25, 0.3) is 5.91 Å². The highest BCUT2D eigenvalue weighted by molar-refractivity contribution is 5.96. The molecule has 0 saturated carbocycles. The van der Waals surface area contributed by atoms with E-state index in [4.69, 9.17) is 4.52 Å². The summed E-state index contributed by atoms with van der Waals surface area (Å²) >= 11 is 0. The van der Waals surface area contributed by atoms with Crippen molar-refractivity contribution < 1.29 is 14.1 Å². The van der Waals surface area contributed by atoms with Gasteiger partial charge >= 0.3 is 0 Å². The second-order valence-corrected chi connectivity index (χ2v) is 6.64. The molecule has 0 spiro atoms. The molecule has 7 nitrogen and oxygen atoms in total. The van der Waals surface area contributed by atoms with Gasteiger partial charge in [0, 0.05) is 24.8 Å². The third-order valence-electron chi connectivity index (χ3n) is 4.61. The third-order valence-corrected chi connectivity index (χ3v) is 4.61. The molecule has 26 heavy (non-hydrogen) atoms. The standard InChI is InChI=1S/C19H24N4O3/c1-13-18(14(2)26-22-13)19(25)21-16-8-10-23(11-9-16)12-17(24)20-15-6-4-3-5-7-15/h3-7,16H,8-12H2,1-2H3,(H,20,24)(H,21,25). The number of para-hydroxylation sites is 1. The van der Waals surface area contributed by atoms with Gasteiger partial charge in [-0.1, -0.05) is 23.4 Å². The lowest BCUT2D eigenvalue weighted by Crippen LogP contribution is -2.46. The summed E-state index contributed by atoms with van der Waals surface area (Å²) in [6.45, 7) is 5.41. The van der Waals surface area contributed by atoms with E-state index >= 15 is 0 Å². The van der Waals surface area contributed by atoms with Crippen molar-refractivity contribution in [3.63, 3.8) is 0 Å². The number of anilines is 1. The lowest BCUT2D eigenvalue weighted by molar-refractivity contribution is -0.117. The summed E-state index contributed by atoms with van der Waals surface area (Å²) in [5.41, 5.74) is 1.93. The average molecular weight is 356 g/mol. The lowest BCUT2D eigenvalue weighted by atomic mass is 10.0. The Hall–Kier alpha value is -2.67. The predicted octanol–water partition coefficient (Wildman–Crippen LogP) is 2.12. The SMILES string of the molecule is Cc1noc(C)c1C(=O)NC1CCN(CC(=O)Nc2ccccc2)CC1. The van der Waals surface area contributed by atoms with Gasteiger partial charge in [0.15, 0.2) is 0 Å². The van der Waals surface area contributed by atoms with Gasteiger partial charge in [-0.25, -0.2) is 0 Å². The van der Waals surface area contributed by atoms with Crippen LogP contribution in [0.25, 0.3) is 0 Å². The average Bonchev–Trinajstić information content (AvgIpc) is 2.96. The summed E-state index contributed by atoms with van der Waals surface area (Å²) in [5, 5.41) is 9.77. The number of nitrogens with zero attached hydrogens (tertiary/aromatic N) is 2. The Bertz CT molecular complexity index is 745. The Balaban J connectivity index is 1.44. The third kappa shape index (κ3) is 4.49. The van der Waals surface area contributed by atoms with Crippen LogP contribution in [0.5, 0.6) is 0 Å². The number of carbonyl (C=O) groups is 2. The highest BCUT2D eigenvalue weighted by Crippen LogP contribution is 2.15. The van der Waals surface area contributed by atoms with E-state index < -0.39 is 0 Å². The van der Waals surface area contributed by atoms with Crippen LogP contribution in [0.2, 0.25) is 0 Å². The first kappa shape index (κ1) is 18.1. The van der Waals surface area contributed by atoms with E-state index in [-0.39, 0.29) is 17.9 Å². The van der Waals surface area contributed by atoms with Gasteiger partial charge in [-0.2, -0.15) is 0 Å². The molecule has 0 atom stereocenters. The van der Waals surface area contributed by atoms with Crippen molar-refractivity contribution in [2.75, 3.05) is 25.0 Å². The molecule has 2 heterocycles. The van der Waals surface area contributed by atoms with Gasteiger partial charge in [-0.15, -0.1) is 0 Å². The number of aryl methyl sites for hydroxylation is 2. The van der Waals surface area contributed by atoms with Crippen molar-refractivity contribution in [3.8, 4) is 0 Å². The van der Waals surface area contributed by atoms with Crippen molar-refractivity contribution in [2.24, 2.45) is 0 Å². The Labute approximate surface area is 152 Å². The quantitative estimate of drug-likeness (QED) is 0.857. The van der Waals surface area contributed by atoms with Crippen LogP contribution in [0.4, 0.5) is 5.69 Å². The van der Waals surface area contributed by atoms with Gasteiger partial charge in [0.1, 0.15) is 11.3 Å². The molecule has 138 valence electrons. The van der Waals surface area contributed by atoms with Crippen LogP contribution in [-0.4, -0.2) is 47.5 Å². The first-order valence-corrected chi connectivity index (χ1v) is 8.84. The zero-order valence-corrected chi connectivity index (χ0v) is 15.1. The van der Waals surface area contributed by atoms with Crippen LogP contribution in [0.3, 0.4) is 0 Å². The number of benzene rings is 1. The molecule has 3 rings (SSSR count). The lowest BCUT2D eigenvalue weighted by Gasteiger charge is -2.31. The number of rotatable bonds is 5. The smallest absolute Gasteiger partial charge is 0.257 e. The zero-order valence-electron chi connectivity index (χ0n) is 15.1. The monoisotopic (exact) mass is 356 g/mol. The highest BCUT2D eigenvalue weighted by atomic mass is 16.5. The molecule has 1 aromatic heterocycles. The zero-order chi connectivity index (χ0) is 18.5. The summed E-state index contributed by atoms with van der Waals surface area (Å²) in [4.78, 5) is 26.6. The molecule has 1 aliphatic heterocycles. The molecular weight excluding hydrogens is 332 g/mol. The Morgan fingerprint density at radius 1 is 1.19 bits per heavy atom. The Morgan fingerprint density at radius 3 is 2.50 bits per heavy atom. The topological polar surface area (TPSA) is 87.5 Å². The number of piperidine rings is 1. The van der Waals surface area contributed by atoms with Gasteiger partial charge in [0.2, 0.25) is 5.91 Å².